The first-order chi connectivity index (χ1) is 9.47. The number of nitrogens with two attached hydrogens (primary N) is 1. The Bertz CT molecular complexity index is 479. The fourth-order valence-electron chi connectivity index (χ4n) is 2.57. The molecule has 0 bridgehead atoms. The molecule has 0 aliphatic carbocycles. The van der Waals surface area contributed by atoms with E-state index in [4.69, 9.17) is 10.5 Å². The molecule has 4 heteroatoms. The molecule has 1 aliphatic rings. The highest BCUT2D eigenvalue weighted by Gasteiger charge is 2.26. The molecular weight excluding hydrogens is 252 g/mol. The van der Waals surface area contributed by atoms with Crippen LogP contribution in [0.5, 0.6) is 5.75 Å². The first kappa shape index (κ1) is 14.9. The molecule has 1 fully saturated rings. The van der Waals surface area contributed by atoms with Crippen molar-refractivity contribution >= 4 is 5.91 Å². The number of nitrogens with zero attached hydrogens (tertiary/aromatic N) is 1. The van der Waals surface area contributed by atoms with Crippen molar-refractivity contribution in [2.24, 2.45) is 5.73 Å². The molecule has 20 heavy (non-hydrogen) atoms. The number of hydrogen-bond acceptors (Lipinski definition) is 3. The first-order valence-corrected chi connectivity index (χ1v) is 7.24. The third-order valence-electron chi connectivity index (χ3n) is 4.07. The minimum atomic E-state index is -0.251. The lowest BCUT2D eigenvalue weighted by molar-refractivity contribution is -0.123. The van der Waals surface area contributed by atoms with E-state index in [-0.39, 0.29) is 18.1 Å². The smallest absolute Gasteiger partial charge is 0.234 e. The SMILES string of the molecule is Cc1ccc(C)c(OC2CCN([C@@H](C)C(N)=O)CC2)c1. The molecule has 2 rings (SSSR count). The molecular formula is C16H24N2O2. The van der Waals surface area contributed by atoms with Gasteiger partial charge in [0.1, 0.15) is 11.9 Å². The standard InChI is InChI=1S/C16H24N2O2/c1-11-4-5-12(2)15(10-11)20-14-6-8-18(9-7-14)13(3)16(17)19/h4-5,10,13-14H,6-9H2,1-3H3,(H2,17,19)/t13-/m0/s1. The minimum Gasteiger partial charge on any atom is -0.490 e. The number of piperidine rings is 1. The average Bonchev–Trinajstić information content (AvgIpc) is 2.43. The lowest BCUT2D eigenvalue weighted by Gasteiger charge is -2.34. The number of ether oxygens (including phenoxy) is 1. The van der Waals surface area contributed by atoms with Crippen molar-refractivity contribution in [3.63, 3.8) is 0 Å². The van der Waals surface area contributed by atoms with Crippen LogP contribution < -0.4 is 10.5 Å². The van der Waals surface area contributed by atoms with Crippen molar-refractivity contribution < 1.29 is 9.53 Å². The molecule has 1 atom stereocenters. The molecule has 0 radical (unpaired) electrons. The van der Waals surface area contributed by atoms with E-state index in [2.05, 4.69) is 36.9 Å². The van der Waals surface area contributed by atoms with Crippen LogP contribution in [0.2, 0.25) is 0 Å². The van der Waals surface area contributed by atoms with Gasteiger partial charge in [-0.05, 0) is 50.8 Å². The van der Waals surface area contributed by atoms with Gasteiger partial charge in [0.15, 0.2) is 0 Å². The zero-order valence-electron chi connectivity index (χ0n) is 12.6. The summed E-state index contributed by atoms with van der Waals surface area (Å²) in [4.78, 5) is 13.3. The third kappa shape index (κ3) is 3.51. The lowest BCUT2D eigenvalue weighted by Crippen LogP contribution is -2.48. The number of rotatable bonds is 4. The Kier molecular flexibility index (Phi) is 4.65. The predicted octanol–water partition coefficient (Wildman–Crippen LogP) is 2.02. The van der Waals surface area contributed by atoms with Crippen LogP contribution in [0.25, 0.3) is 0 Å². The van der Waals surface area contributed by atoms with Gasteiger partial charge in [0.2, 0.25) is 5.91 Å². The van der Waals surface area contributed by atoms with Crippen molar-refractivity contribution in [3.05, 3.63) is 29.3 Å². The second-order valence-corrected chi connectivity index (χ2v) is 5.70. The highest BCUT2D eigenvalue weighted by Crippen LogP contribution is 2.24. The molecule has 0 saturated carbocycles. The van der Waals surface area contributed by atoms with Gasteiger partial charge in [-0.2, -0.15) is 0 Å². The summed E-state index contributed by atoms with van der Waals surface area (Å²) in [5.41, 5.74) is 7.73. The second-order valence-electron chi connectivity index (χ2n) is 5.70. The number of primary amides is 1. The minimum absolute atomic E-state index is 0.184. The zero-order valence-corrected chi connectivity index (χ0v) is 12.6. The summed E-state index contributed by atoms with van der Waals surface area (Å²) in [5, 5.41) is 0. The Morgan fingerprint density at radius 2 is 2.00 bits per heavy atom. The van der Waals surface area contributed by atoms with E-state index in [1.54, 1.807) is 0 Å². The Morgan fingerprint density at radius 3 is 2.60 bits per heavy atom. The van der Waals surface area contributed by atoms with Gasteiger partial charge < -0.3 is 10.5 Å². The van der Waals surface area contributed by atoms with E-state index in [1.165, 1.54) is 11.1 Å². The lowest BCUT2D eigenvalue weighted by atomic mass is 10.1. The molecule has 0 unspecified atom stereocenters. The predicted molar refractivity (Wildman–Crippen MR) is 79.8 cm³/mol. The normalized spacial score (nSPS) is 18.8. The largest absolute Gasteiger partial charge is 0.490 e. The molecule has 4 nitrogen and oxygen atoms in total. The van der Waals surface area contributed by atoms with E-state index in [0.29, 0.717) is 0 Å². The van der Waals surface area contributed by atoms with Gasteiger partial charge in [-0.25, -0.2) is 0 Å². The van der Waals surface area contributed by atoms with Crippen LogP contribution in [-0.4, -0.2) is 36.0 Å². The van der Waals surface area contributed by atoms with Gasteiger partial charge in [0.05, 0.1) is 6.04 Å². The molecule has 0 aromatic heterocycles. The maximum Gasteiger partial charge on any atom is 0.234 e. The Morgan fingerprint density at radius 1 is 1.35 bits per heavy atom. The molecule has 0 spiro atoms. The number of benzene rings is 1. The molecule has 1 aromatic rings. The van der Waals surface area contributed by atoms with Crippen LogP contribution in [0, 0.1) is 13.8 Å². The number of hydrogen-bond donors (Lipinski definition) is 1. The summed E-state index contributed by atoms with van der Waals surface area (Å²) in [6.45, 7) is 7.73. The van der Waals surface area contributed by atoms with Gasteiger partial charge in [-0.15, -0.1) is 0 Å². The fourth-order valence-corrected chi connectivity index (χ4v) is 2.57. The topological polar surface area (TPSA) is 55.6 Å². The van der Waals surface area contributed by atoms with Crippen LogP contribution in [0.1, 0.15) is 30.9 Å². The van der Waals surface area contributed by atoms with E-state index >= 15 is 0 Å². The molecule has 2 N–H and O–H groups in total. The van der Waals surface area contributed by atoms with Crippen molar-refractivity contribution in [1.29, 1.82) is 0 Å². The number of carbonyl (C=O) groups is 1. The Hall–Kier alpha value is -1.55. The molecule has 1 aromatic carbocycles. The van der Waals surface area contributed by atoms with Gasteiger partial charge >= 0.3 is 0 Å². The quantitative estimate of drug-likeness (QED) is 0.915. The van der Waals surface area contributed by atoms with Crippen LogP contribution in [0.4, 0.5) is 0 Å². The summed E-state index contributed by atoms with van der Waals surface area (Å²) >= 11 is 0. The Labute approximate surface area is 120 Å². The number of carbonyl (C=O) groups excluding carboxylic acids is 1. The van der Waals surface area contributed by atoms with Gasteiger partial charge in [0.25, 0.3) is 0 Å². The maximum absolute atomic E-state index is 11.2. The molecule has 1 aliphatic heterocycles. The number of amides is 1. The zero-order chi connectivity index (χ0) is 14.7. The average molecular weight is 276 g/mol. The van der Waals surface area contributed by atoms with Gasteiger partial charge in [0, 0.05) is 13.1 Å². The molecule has 1 saturated heterocycles. The third-order valence-corrected chi connectivity index (χ3v) is 4.07. The number of aryl methyl sites for hydroxylation is 2. The van der Waals surface area contributed by atoms with Crippen molar-refractivity contribution in [2.75, 3.05) is 13.1 Å². The van der Waals surface area contributed by atoms with Crippen LogP contribution >= 0.6 is 0 Å². The van der Waals surface area contributed by atoms with Gasteiger partial charge in [-0.3, -0.25) is 9.69 Å². The maximum atomic E-state index is 11.2. The summed E-state index contributed by atoms with van der Waals surface area (Å²) in [6.07, 6.45) is 2.10. The second kappa shape index (κ2) is 6.27. The van der Waals surface area contributed by atoms with Crippen LogP contribution in [0.3, 0.4) is 0 Å². The molecule has 110 valence electrons. The summed E-state index contributed by atoms with van der Waals surface area (Å²) in [7, 11) is 0. The van der Waals surface area contributed by atoms with Crippen LogP contribution in [-0.2, 0) is 4.79 Å². The highest BCUT2D eigenvalue weighted by atomic mass is 16.5. The molecule has 1 heterocycles. The van der Waals surface area contributed by atoms with Crippen molar-refractivity contribution in [1.82, 2.24) is 4.90 Å². The summed E-state index contributed by atoms with van der Waals surface area (Å²) in [5.74, 6) is 0.727. The van der Waals surface area contributed by atoms with E-state index in [1.807, 2.05) is 6.92 Å². The molecule has 1 amide bonds. The van der Waals surface area contributed by atoms with E-state index in [9.17, 15) is 4.79 Å². The van der Waals surface area contributed by atoms with E-state index in [0.717, 1.165) is 31.7 Å². The highest BCUT2D eigenvalue weighted by molar-refractivity contribution is 5.79. The van der Waals surface area contributed by atoms with Crippen molar-refractivity contribution in [2.45, 2.75) is 45.8 Å². The summed E-state index contributed by atoms with van der Waals surface area (Å²) < 4.78 is 6.11. The number of likely N-dealkylation sites (tertiary alicyclic amines) is 1. The van der Waals surface area contributed by atoms with Crippen molar-refractivity contribution in [3.8, 4) is 5.75 Å². The first-order valence-electron chi connectivity index (χ1n) is 7.24. The van der Waals surface area contributed by atoms with E-state index < -0.39 is 0 Å². The fraction of sp³-hybridized carbons (Fsp3) is 0.562. The van der Waals surface area contributed by atoms with Crippen LogP contribution in [0.15, 0.2) is 18.2 Å². The van der Waals surface area contributed by atoms with Gasteiger partial charge in [-0.1, -0.05) is 12.1 Å². The summed E-state index contributed by atoms with van der Waals surface area (Å²) in [6, 6.07) is 6.10. The monoisotopic (exact) mass is 276 g/mol. The Balaban J connectivity index is 1.91.